The van der Waals surface area contributed by atoms with Gasteiger partial charge in [0, 0.05) is 18.7 Å². The number of carbonyl (C=O) groups excluding carboxylic acids is 1. The summed E-state index contributed by atoms with van der Waals surface area (Å²) in [6.07, 6.45) is -4.56. The number of likely N-dealkylation sites (N-methyl/N-ethyl adjacent to an activating group) is 1. The molecule has 2 rings (SSSR count). The van der Waals surface area contributed by atoms with Crippen LogP contribution in [0.5, 0.6) is 0 Å². The second-order valence-electron chi connectivity index (χ2n) is 7.27. The van der Waals surface area contributed by atoms with Gasteiger partial charge in [0.2, 0.25) is 6.49 Å². The van der Waals surface area contributed by atoms with Crippen LogP contribution in [0.3, 0.4) is 0 Å². The summed E-state index contributed by atoms with van der Waals surface area (Å²) < 4.78 is 48.4. The third-order valence-corrected chi connectivity index (χ3v) is 5.98. The van der Waals surface area contributed by atoms with E-state index in [0.29, 0.717) is 21.7 Å². The molecule has 1 atom stereocenters. The molecule has 0 aromatic heterocycles. The first-order chi connectivity index (χ1) is 13.0. The highest BCUT2D eigenvalue weighted by Gasteiger charge is 2.44. The predicted molar refractivity (Wildman–Crippen MR) is 109 cm³/mol. The second kappa shape index (κ2) is 8.19. The molecule has 0 saturated carbocycles. The fraction of sp³-hybridized carbons (Fsp3) is 0.500. The van der Waals surface area contributed by atoms with E-state index in [4.69, 9.17) is 37.3 Å². The van der Waals surface area contributed by atoms with Crippen LogP contribution in [0.1, 0.15) is 30.5 Å². The van der Waals surface area contributed by atoms with E-state index in [1.807, 2.05) is 0 Å². The van der Waals surface area contributed by atoms with Gasteiger partial charge in [0.15, 0.2) is 12.4 Å². The van der Waals surface area contributed by atoms with Crippen LogP contribution < -0.4 is 0 Å². The molecule has 1 aliphatic heterocycles. The number of amides is 1. The predicted octanol–water partition coefficient (Wildman–Crippen LogP) is 5.38. The van der Waals surface area contributed by atoms with Crippen LogP contribution in [0.15, 0.2) is 17.9 Å². The highest BCUT2D eigenvalue weighted by atomic mass is 35.5. The number of aryl methyl sites for hydroxylation is 2. The average molecular weight is 472 g/mol. The molecular weight excluding hydrogens is 450 g/mol. The molecule has 1 amide bonds. The zero-order valence-corrected chi connectivity index (χ0v) is 19.3. The number of benzene rings is 1. The van der Waals surface area contributed by atoms with Gasteiger partial charge in [-0.15, -0.1) is 0 Å². The Morgan fingerprint density at radius 1 is 1.28 bits per heavy atom. The molecule has 5 nitrogen and oxygen atoms in total. The summed E-state index contributed by atoms with van der Waals surface area (Å²) in [5.41, 5.74) is 0.931. The van der Waals surface area contributed by atoms with Crippen molar-refractivity contribution in [1.82, 2.24) is 5.06 Å². The molecule has 162 valence electrons. The number of carbonyl (C=O) groups is 1. The van der Waals surface area contributed by atoms with Crippen LogP contribution in [0.25, 0.3) is 5.57 Å². The number of alkyl halides is 3. The van der Waals surface area contributed by atoms with Crippen molar-refractivity contribution in [1.29, 1.82) is 0 Å². The van der Waals surface area contributed by atoms with Crippen LogP contribution in [-0.4, -0.2) is 43.1 Å². The highest BCUT2D eigenvalue weighted by molar-refractivity contribution is 8.09. The van der Waals surface area contributed by atoms with Crippen molar-refractivity contribution in [3.05, 3.63) is 39.6 Å². The molecule has 1 aromatic carbocycles. The minimum Gasteiger partial charge on any atom is -0.444 e. The topological polar surface area (TPSA) is 48.0 Å². The SMILES string of the molecule is Cc1cc(Cl)cc(C)c1C1=C(OP(C)(=S)OCC(F)(F)F)C(C)(C)ON(C)C1=O. The molecule has 0 radical (unpaired) electrons. The standard InChI is InChI=1S/C18H22ClF3NO4PS/c1-10-7-12(19)8-11(2)13(10)14-15(17(3,4)27-23(5)16(14)24)26-28(6,29)25-9-18(20,21)22/h7-8H,9H2,1-6H3. The first-order valence-corrected chi connectivity index (χ1v) is 12.0. The molecule has 1 aromatic rings. The molecule has 0 spiro atoms. The van der Waals surface area contributed by atoms with Crippen molar-refractivity contribution >= 4 is 41.4 Å². The monoisotopic (exact) mass is 471 g/mol. The Morgan fingerprint density at radius 3 is 2.28 bits per heavy atom. The second-order valence-corrected chi connectivity index (χ2v) is 11.7. The first kappa shape index (κ1) is 24.2. The lowest BCUT2D eigenvalue weighted by atomic mass is 9.89. The molecule has 1 aliphatic rings. The summed E-state index contributed by atoms with van der Waals surface area (Å²) >= 11 is 11.3. The zero-order chi connectivity index (χ0) is 22.4. The van der Waals surface area contributed by atoms with Gasteiger partial charge in [0.25, 0.3) is 5.91 Å². The minimum atomic E-state index is -4.56. The zero-order valence-electron chi connectivity index (χ0n) is 16.8. The average Bonchev–Trinajstić information content (AvgIpc) is 2.51. The highest BCUT2D eigenvalue weighted by Crippen LogP contribution is 2.52. The molecule has 0 fully saturated rings. The summed E-state index contributed by atoms with van der Waals surface area (Å²) in [5, 5.41) is 1.55. The first-order valence-electron chi connectivity index (χ1n) is 8.51. The molecule has 0 bridgehead atoms. The van der Waals surface area contributed by atoms with Gasteiger partial charge in [-0.1, -0.05) is 11.6 Å². The summed E-state index contributed by atoms with van der Waals surface area (Å²) in [7, 11) is 1.45. The Balaban J connectivity index is 2.66. The molecule has 0 saturated heterocycles. The largest absolute Gasteiger partial charge is 0.444 e. The van der Waals surface area contributed by atoms with Gasteiger partial charge in [-0.25, -0.2) is 5.06 Å². The smallest absolute Gasteiger partial charge is 0.412 e. The van der Waals surface area contributed by atoms with E-state index in [1.54, 1.807) is 39.8 Å². The maximum absolute atomic E-state index is 13.0. The maximum Gasteiger partial charge on any atom is 0.412 e. The van der Waals surface area contributed by atoms with Crippen molar-refractivity contribution in [3.63, 3.8) is 0 Å². The van der Waals surface area contributed by atoms with Crippen molar-refractivity contribution in [2.45, 2.75) is 39.5 Å². The Kier molecular flexibility index (Phi) is 6.82. The normalized spacial score (nSPS) is 19.4. The molecule has 11 heteroatoms. The summed E-state index contributed by atoms with van der Waals surface area (Å²) in [4.78, 5) is 18.6. The Hall–Kier alpha value is -1.12. The van der Waals surface area contributed by atoms with Gasteiger partial charge in [-0.05, 0) is 68.3 Å². The van der Waals surface area contributed by atoms with Crippen LogP contribution >= 0.6 is 18.1 Å². The number of halogens is 4. The molecule has 29 heavy (non-hydrogen) atoms. The number of hydrogen-bond acceptors (Lipinski definition) is 5. The number of nitrogens with zero attached hydrogens (tertiary/aromatic N) is 1. The lowest BCUT2D eigenvalue weighted by Crippen LogP contribution is -2.45. The Bertz CT molecular complexity index is 894. The van der Waals surface area contributed by atoms with Gasteiger partial charge in [0.05, 0.1) is 5.57 Å². The van der Waals surface area contributed by atoms with Crippen molar-refractivity contribution in [2.24, 2.45) is 0 Å². The molecule has 0 N–H and O–H groups in total. The van der Waals surface area contributed by atoms with Gasteiger partial charge in [0.1, 0.15) is 5.60 Å². The summed E-state index contributed by atoms with van der Waals surface area (Å²) in [5.74, 6) is -0.485. The van der Waals surface area contributed by atoms with E-state index in [0.717, 1.165) is 5.06 Å². The fourth-order valence-corrected chi connectivity index (χ4v) is 4.83. The van der Waals surface area contributed by atoms with E-state index < -0.39 is 30.8 Å². The van der Waals surface area contributed by atoms with Gasteiger partial charge in [-0.3, -0.25) is 9.63 Å². The van der Waals surface area contributed by atoms with E-state index in [2.05, 4.69) is 0 Å². The summed E-state index contributed by atoms with van der Waals surface area (Å²) in [6, 6.07) is 3.37. The van der Waals surface area contributed by atoms with Gasteiger partial charge in [-0.2, -0.15) is 13.2 Å². The maximum atomic E-state index is 13.0. The number of hydrogen-bond donors (Lipinski definition) is 0. The third kappa shape index (κ3) is 5.73. The van der Waals surface area contributed by atoms with Crippen LogP contribution in [0.4, 0.5) is 13.2 Å². The quantitative estimate of drug-likeness (QED) is 0.539. The number of hydroxylamine groups is 2. The third-order valence-electron chi connectivity index (χ3n) is 4.11. The summed E-state index contributed by atoms with van der Waals surface area (Å²) in [6.45, 7) is 3.14. The minimum absolute atomic E-state index is 0.0298. The van der Waals surface area contributed by atoms with Crippen molar-refractivity contribution < 1.29 is 31.9 Å². The van der Waals surface area contributed by atoms with Gasteiger partial charge < -0.3 is 9.05 Å². The van der Waals surface area contributed by atoms with E-state index >= 15 is 0 Å². The molecule has 1 unspecified atom stereocenters. The Morgan fingerprint density at radius 2 is 1.79 bits per heavy atom. The van der Waals surface area contributed by atoms with Crippen LogP contribution in [0, 0.1) is 13.8 Å². The Labute approximate surface area is 177 Å². The number of rotatable bonds is 5. The van der Waals surface area contributed by atoms with Crippen molar-refractivity contribution in [2.75, 3.05) is 20.3 Å². The molecule has 0 aliphatic carbocycles. The van der Waals surface area contributed by atoms with Crippen LogP contribution in [-0.2, 0) is 30.5 Å². The van der Waals surface area contributed by atoms with Crippen LogP contribution in [0.2, 0.25) is 5.02 Å². The lowest BCUT2D eigenvalue weighted by molar-refractivity contribution is -0.217. The molecular formula is C18H22ClF3NO4PS. The fourth-order valence-electron chi connectivity index (χ4n) is 3.04. The van der Waals surface area contributed by atoms with Gasteiger partial charge >= 0.3 is 6.18 Å². The molecule has 1 heterocycles. The van der Waals surface area contributed by atoms with E-state index in [-0.39, 0.29) is 11.3 Å². The lowest BCUT2D eigenvalue weighted by Gasteiger charge is -2.40. The van der Waals surface area contributed by atoms with E-state index in [1.165, 1.54) is 13.7 Å². The van der Waals surface area contributed by atoms with Crippen molar-refractivity contribution in [3.8, 4) is 0 Å². The van der Waals surface area contributed by atoms with E-state index in [9.17, 15) is 18.0 Å².